The molecule has 0 aliphatic carbocycles. The molecule has 0 saturated carbocycles. The van der Waals surface area contributed by atoms with E-state index in [1.165, 1.54) is 38.9 Å². The van der Waals surface area contributed by atoms with Crippen molar-refractivity contribution >= 4 is 29.9 Å². The fraction of sp³-hybridized carbons (Fsp3) is 0.938. The first kappa shape index (κ1) is 21.0. The third-order valence-corrected chi connectivity index (χ3v) is 3.79. The lowest BCUT2D eigenvalue weighted by atomic mass is 9.92. The molecule has 0 spiro atoms. The van der Waals surface area contributed by atoms with Gasteiger partial charge in [-0.25, -0.2) is 0 Å². The van der Waals surface area contributed by atoms with Crippen LogP contribution in [0.25, 0.3) is 0 Å². The number of halogens is 1. The maximum absolute atomic E-state index is 4.22. The topological polar surface area (TPSA) is 39.7 Å². The summed E-state index contributed by atoms with van der Waals surface area (Å²) >= 11 is 0. The molecule has 0 bridgehead atoms. The fourth-order valence-corrected chi connectivity index (χ4v) is 3.11. The van der Waals surface area contributed by atoms with Gasteiger partial charge in [0.2, 0.25) is 0 Å². The van der Waals surface area contributed by atoms with Crippen molar-refractivity contribution in [1.29, 1.82) is 0 Å². The first-order chi connectivity index (χ1) is 9.51. The number of nitrogens with one attached hydrogen (secondary N) is 2. The van der Waals surface area contributed by atoms with E-state index < -0.39 is 0 Å². The Balaban J connectivity index is 0.00000400. The molecule has 1 saturated heterocycles. The lowest BCUT2D eigenvalue weighted by Crippen LogP contribution is -2.42. The minimum absolute atomic E-state index is 0. The van der Waals surface area contributed by atoms with Crippen molar-refractivity contribution in [2.24, 2.45) is 16.8 Å². The summed E-state index contributed by atoms with van der Waals surface area (Å²) in [5.41, 5.74) is 0. The average molecular weight is 410 g/mol. The van der Waals surface area contributed by atoms with Gasteiger partial charge in [0, 0.05) is 32.7 Å². The Bertz CT molecular complexity index is 284. The van der Waals surface area contributed by atoms with Gasteiger partial charge in [0.25, 0.3) is 0 Å². The average Bonchev–Trinajstić information content (AvgIpc) is 2.35. The van der Waals surface area contributed by atoms with E-state index in [2.05, 4.69) is 48.2 Å². The van der Waals surface area contributed by atoms with E-state index in [0.29, 0.717) is 6.04 Å². The molecular formula is C16H35IN4. The van der Waals surface area contributed by atoms with Gasteiger partial charge in [0.15, 0.2) is 5.96 Å². The zero-order valence-electron chi connectivity index (χ0n) is 14.5. The smallest absolute Gasteiger partial charge is 0.191 e. The molecular weight excluding hydrogens is 375 g/mol. The minimum Gasteiger partial charge on any atom is -0.356 e. The second-order valence-corrected chi connectivity index (χ2v) is 6.71. The van der Waals surface area contributed by atoms with Crippen LogP contribution in [0.3, 0.4) is 0 Å². The summed E-state index contributed by atoms with van der Waals surface area (Å²) in [5.74, 6) is 2.65. The van der Waals surface area contributed by atoms with Crippen LogP contribution in [0.1, 0.15) is 47.0 Å². The Morgan fingerprint density at radius 1 is 1.19 bits per heavy atom. The number of nitrogens with zero attached hydrogens (tertiary/aromatic N) is 2. The quantitative estimate of drug-likeness (QED) is 0.306. The molecule has 0 radical (unpaired) electrons. The predicted octanol–water partition coefficient (Wildman–Crippen LogP) is 2.94. The number of piperidine rings is 1. The largest absolute Gasteiger partial charge is 0.356 e. The molecule has 0 amide bonds. The third-order valence-electron chi connectivity index (χ3n) is 3.79. The van der Waals surface area contributed by atoms with E-state index in [-0.39, 0.29) is 24.0 Å². The van der Waals surface area contributed by atoms with Crippen molar-refractivity contribution in [2.45, 2.75) is 53.0 Å². The summed E-state index contributed by atoms with van der Waals surface area (Å²) in [6.45, 7) is 13.8. The van der Waals surface area contributed by atoms with Gasteiger partial charge in [-0.05, 0) is 51.5 Å². The van der Waals surface area contributed by atoms with Crippen LogP contribution in [-0.2, 0) is 0 Å². The van der Waals surface area contributed by atoms with Crippen LogP contribution in [0.4, 0.5) is 0 Å². The molecule has 1 aliphatic rings. The molecule has 2 N–H and O–H groups in total. The molecule has 1 heterocycles. The van der Waals surface area contributed by atoms with Gasteiger partial charge < -0.3 is 15.5 Å². The van der Waals surface area contributed by atoms with Crippen LogP contribution >= 0.6 is 24.0 Å². The first-order valence-electron chi connectivity index (χ1n) is 8.20. The molecule has 5 heteroatoms. The molecule has 2 atom stereocenters. The van der Waals surface area contributed by atoms with Gasteiger partial charge in [-0.1, -0.05) is 13.8 Å². The second-order valence-electron chi connectivity index (χ2n) is 6.71. The lowest BCUT2D eigenvalue weighted by Gasteiger charge is -2.34. The van der Waals surface area contributed by atoms with Gasteiger partial charge in [0.1, 0.15) is 0 Å². The lowest BCUT2D eigenvalue weighted by molar-refractivity contribution is 0.139. The molecule has 1 aliphatic heterocycles. The summed E-state index contributed by atoms with van der Waals surface area (Å²) in [7, 11) is 1.83. The Kier molecular flexibility index (Phi) is 11.5. The zero-order chi connectivity index (χ0) is 15.0. The van der Waals surface area contributed by atoms with Gasteiger partial charge in [-0.2, -0.15) is 0 Å². The number of hydrogen-bond acceptors (Lipinski definition) is 2. The summed E-state index contributed by atoms with van der Waals surface area (Å²) in [4.78, 5) is 6.86. The number of rotatable bonds is 6. The Labute approximate surface area is 148 Å². The Morgan fingerprint density at radius 2 is 1.81 bits per heavy atom. The number of likely N-dealkylation sites (tertiary alicyclic amines) is 1. The van der Waals surface area contributed by atoms with Crippen LogP contribution < -0.4 is 10.6 Å². The summed E-state index contributed by atoms with van der Waals surface area (Å²) in [6.07, 6.45) is 3.87. The van der Waals surface area contributed by atoms with E-state index >= 15 is 0 Å². The van der Waals surface area contributed by atoms with E-state index in [1.54, 1.807) is 0 Å². The standard InChI is InChI=1S/C16H34N4.HI/c1-13(2)19-16(17-5)18-8-6-7-9-20-11-14(3)10-15(4)12-20;/h13-15H,6-12H2,1-5H3,(H2,17,18,19);1H. The maximum atomic E-state index is 4.22. The SMILES string of the molecule is CN=C(NCCCCN1CC(C)CC(C)C1)NC(C)C.I. The number of unbranched alkanes of at least 4 members (excludes halogenated alkanes) is 1. The maximum Gasteiger partial charge on any atom is 0.191 e. The second kappa shape index (κ2) is 11.5. The van der Waals surface area contributed by atoms with Crippen LogP contribution in [-0.4, -0.2) is 50.1 Å². The highest BCUT2D eigenvalue weighted by Gasteiger charge is 2.20. The number of hydrogen-bond donors (Lipinski definition) is 2. The zero-order valence-corrected chi connectivity index (χ0v) is 16.8. The van der Waals surface area contributed by atoms with E-state index in [0.717, 1.165) is 24.3 Å². The van der Waals surface area contributed by atoms with Crippen LogP contribution in [0.5, 0.6) is 0 Å². The monoisotopic (exact) mass is 410 g/mol. The van der Waals surface area contributed by atoms with Crippen molar-refractivity contribution in [3.8, 4) is 0 Å². The fourth-order valence-electron chi connectivity index (χ4n) is 3.11. The van der Waals surface area contributed by atoms with Crippen LogP contribution in [0, 0.1) is 11.8 Å². The highest BCUT2D eigenvalue weighted by Crippen LogP contribution is 2.20. The Hall–Kier alpha value is -0.0400. The number of guanidine groups is 1. The Morgan fingerprint density at radius 3 is 2.33 bits per heavy atom. The number of aliphatic imine (C=N–C) groups is 1. The van der Waals surface area contributed by atoms with E-state index in [9.17, 15) is 0 Å². The molecule has 4 nitrogen and oxygen atoms in total. The van der Waals surface area contributed by atoms with Crippen molar-refractivity contribution < 1.29 is 0 Å². The van der Waals surface area contributed by atoms with Crippen LogP contribution in [0.2, 0.25) is 0 Å². The molecule has 126 valence electrons. The molecule has 0 aromatic heterocycles. The molecule has 2 unspecified atom stereocenters. The molecule has 0 aromatic carbocycles. The van der Waals surface area contributed by atoms with Crippen LogP contribution in [0.15, 0.2) is 4.99 Å². The van der Waals surface area contributed by atoms with Crippen molar-refractivity contribution in [3.05, 3.63) is 0 Å². The predicted molar refractivity (Wildman–Crippen MR) is 104 cm³/mol. The molecule has 0 aromatic rings. The van der Waals surface area contributed by atoms with E-state index in [1.807, 2.05) is 7.05 Å². The third kappa shape index (κ3) is 9.55. The summed E-state index contributed by atoms with van der Waals surface area (Å²) in [6, 6.07) is 0.428. The van der Waals surface area contributed by atoms with Gasteiger partial charge >= 0.3 is 0 Å². The molecule has 1 fully saturated rings. The van der Waals surface area contributed by atoms with Crippen molar-refractivity contribution in [1.82, 2.24) is 15.5 Å². The van der Waals surface area contributed by atoms with E-state index in [4.69, 9.17) is 0 Å². The minimum atomic E-state index is 0. The van der Waals surface area contributed by atoms with Gasteiger partial charge in [-0.3, -0.25) is 4.99 Å². The molecule has 21 heavy (non-hydrogen) atoms. The summed E-state index contributed by atoms with van der Waals surface area (Å²) in [5, 5.41) is 6.69. The van der Waals surface area contributed by atoms with Crippen molar-refractivity contribution in [2.75, 3.05) is 33.2 Å². The summed E-state index contributed by atoms with van der Waals surface area (Å²) < 4.78 is 0. The normalized spacial score (nSPS) is 23.8. The van der Waals surface area contributed by atoms with Gasteiger partial charge in [0.05, 0.1) is 0 Å². The first-order valence-corrected chi connectivity index (χ1v) is 8.20. The van der Waals surface area contributed by atoms with Crippen molar-refractivity contribution in [3.63, 3.8) is 0 Å². The highest BCUT2D eigenvalue weighted by molar-refractivity contribution is 14.0. The molecule has 1 rings (SSSR count). The van der Waals surface area contributed by atoms with Gasteiger partial charge in [-0.15, -0.1) is 24.0 Å². The highest BCUT2D eigenvalue weighted by atomic mass is 127.